The topological polar surface area (TPSA) is 90.4 Å². The molecule has 164 valence electrons. The molecule has 4 aromatic heterocycles. The Labute approximate surface area is 190 Å². The first-order chi connectivity index (χ1) is 16.2. The minimum absolute atomic E-state index is 0.0877. The van der Waals surface area contributed by atoms with Crippen molar-refractivity contribution >= 4 is 16.6 Å². The second-order valence-electron chi connectivity index (χ2n) is 8.36. The Kier molecular flexibility index (Phi) is 4.42. The summed E-state index contributed by atoms with van der Waals surface area (Å²) in [4.78, 5) is 21.3. The van der Waals surface area contributed by atoms with Crippen LogP contribution in [0.25, 0.3) is 33.9 Å². The highest BCUT2D eigenvalue weighted by molar-refractivity contribution is 5.93. The number of imidazole rings is 1. The van der Waals surface area contributed by atoms with E-state index in [1.54, 1.807) is 12.5 Å². The third-order valence-electron chi connectivity index (χ3n) is 6.13. The lowest BCUT2D eigenvalue weighted by atomic mass is 10.1. The molecule has 0 aliphatic carbocycles. The van der Waals surface area contributed by atoms with Gasteiger partial charge in [0.15, 0.2) is 17.5 Å². The molecule has 5 heterocycles. The maximum atomic E-state index is 5.03. The van der Waals surface area contributed by atoms with Crippen LogP contribution in [0.3, 0.4) is 0 Å². The Bertz CT molecular complexity index is 1460. The quantitative estimate of drug-likeness (QED) is 0.417. The van der Waals surface area contributed by atoms with E-state index in [0.29, 0.717) is 11.8 Å². The predicted octanol–water partition coefficient (Wildman–Crippen LogP) is 4.14. The Morgan fingerprint density at radius 3 is 2.73 bits per heavy atom. The van der Waals surface area contributed by atoms with Crippen LogP contribution in [0.5, 0.6) is 0 Å². The number of hydrogen-bond donors (Lipinski definition) is 0. The fourth-order valence-corrected chi connectivity index (χ4v) is 4.68. The molecule has 1 aliphatic heterocycles. The lowest BCUT2D eigenvalue weighted by Gasteiger charge is -2.39. The second-order valence-corrected chi connectivity index (χ2v) is 8.36. The summed E-state index contributed by atoms with van der Waals surface area (Å²) in [7, 11) is 0. The van der Waals surface area contributed by atoms with Crippen molar-refractivity contribution in [2.45, 2.75) is 39.3 Å². The molecule has 0 fully saturated rings. The summed E-state index contributed by atoms with van der Waals surface area (Å²) in [6.45, 7) is 6.50. The average molecular weight is 438 g/mol. The van der Waals surface area contributed by atoms with Gasteiger partial charge in [-0.1, -0.05) is 31.2 Å². The summed E-state index contributed by atoms with van der Waals surface area (Å²) < 4.78 is 3.89. The van der Waals surface area contributed by atoms with Crippen molar-refractivity contribution in [1.29, 1.82) is 0 Å². The van der Waals surface area contributed by atoms with Gasteiger partial charge in [0.25, 0.3) is 0 Å². The highest BCUT2D eigenvalue weighted by Gasteiger charge is 2.35. The van der Waals surface area contributed by atoms with Crippen LogP contribution < -0.4 is 4.90 Å². The van der Waals surface area contributed by atoms with E-state index in [9.17, 15) is 0 Å². The lowest BCUT2D eigenvalue weighted by Crippen LogP contribution is -2.40. The molecule has 0 N–H and O–H groups in total. The highest BCUT2D eigenvalue weighted by Crippen LogP contribution is 2.39. The Balaban J connectivity index is 1.54. The fraction of sp³-hybridized carbons (Fsp3) is 0.250. The molecule has 1 aliphatic rings. The summed E-state index contributed by atoms with van der Waals surface area (Å²) >= 11 is 0. The van der Waals surface area contributed by atoms with Crippen LogP contribution in [0.2, 0.25) is 0 Å². The van der Waals surface area contributed by atoms with Gasteiger partial charge in [-0.3, -0.25) is 14.1 Å². The number of nitrogens with zero attached hydrogens (tertiary/aromatic N) is 9. The first-order valence-corrected chi connectivity index (χ1v) is 11.1. The molecule has 0 bridgehead atoms. The molecule has 0 unspecified atom stereocenters. The van der Waals surface area contributed by atoms with E-state index in [-0.39, 0.29) is 12.1 Å². The molecule has 9 heteroatoms. The van der Waals surface area contributed by atoms with E-state index in [0.717, 1.165) is 40.2 Å². The molecule has 33 heavy (non-hydrogen) atoms. The molecule has 1 aromatic carbocycles. The highest BCUT2D eigenvalue weighted by atomic mass is 15.4. The zero-order valence-corrected chi connectivity index (χ0v) is 18.7. The summed E-state index contributed by atoms with van der Waals surface area (Å²) in [5.41, 5.74) is 1.68. The number of pyridine rings is 1. The predicted molar refractivity (Wildman–Crippen MR) is 125 cm³/mol. The molecule has 0 saturated carbocycles. The summed E-state index contributed by atoms with van der Waals surface area (Å²) in [6.07, 6.45) is 9.92. The Hall–Kier alpha value is -4.14. The Morgan fingerprint density at radius 1 is 1.00 bits per heavy atom. The van der Waals surface area contributed by atoms with Crippen LogP contribution in [-0.4, -0.2) is 45.3 Å². The monoisotopic (exact) mass is 437 g/mol. The van der Waals surface area contributed by atoms with E-state index in [1.807, 2.05) is 45.9 Å². The lowest BCUT2D eigenvalue weighted by molar-refractivity contribution is 0.497. The molecular formula is C24H23N9. The van der Waals surface area contributed by atoms with E-state index in [1.165, 1.54) is 0 Å². The number of rotatable bonds is 4. The van der Waals surface area contributed by atoms with Crippen LogP contribution >= 0.6 is 0 Å². The smallest absolute Gasteiger partial charge is 0.237 e. The number of benzene rings is 1. The van der Waals surface area contributed by atoms with Gasteiger partial charge in [0.05, 0.1) is 12.2 Å². The van der Waals surface area contributed by atoms with Gasteiger partial charge in [-0.05, 0) is 31.7 Å². The molecular weight excluding hydrogens is 414 g/mol. The van der Waals surface area contributed by atoms with Crippen molar-refractivity contribution in [2.75, 3.05) is 4.90 Å². The standard InChI is InChI=1S/C24H23N9/c1-4-18-22-30-28-14-32(22)19-13-27-24(29-21(19)33(18)15(2)3)31-12-11-26-23(31)20-17-8-6-5-7-16(17)9-10-25-20/h5-15,18H,4H2,1-3H3/t18-/m1/s1. The van der Waals surface area contributed by atoms with E-state index >= 15 is 0 Å². The third kappa shape index (κ3) is 2.92. The van der Waals surface area contributed by atoms with Crippen LogP contribution in [0.15, 0.2) is 61.4 Å². The van der Waals surface area contributed by atoms with Gasteiger partial charge in [0, 0.05) is 30.0 Å². The summed E-state index contributed by atoms with van der Waals surface area (Å²) in [5.74, 6) is 3.03. The van der Waals surface area contributed by atoms with Crippen molar-refractivity contribution in [3.05, 3.63) is 67.3 Å². The van der Waals surface area contributed by atoms with E-state index in [4.69, 9.17) is 9.97 Å². The normalized spacial score (nSPS) is 15.2. The first-order valence-electron chi connectivity index (χ1n) is 11.1. The van der Waals surface area contributed by atoms with E-state index in [2.05, 4.69) is 58.0 Å². The van der Waals surface area contributed by atoms with Gasteiger partial charge in [0.2, 0.25) is 5.95 Å². The van der Waals surface area contributed by atoms with Crippen LogP contribution in [0, 0.1) is 0 Å². The van der Waals surface area contributed by atoms with Gasteiger partial charge < -0.3 is 4.90 Å². The van der Waals surface area contributed by atoms with Crippen molar-refractivity contribution < 1.29 is 0 Å². The largest absolute Gasteiger partial charge is 0.342 e. The van der Waals surface area contributed by atoms with Gasteiger partial charge in [-0.2, -0.15) is 4.98 Å². The van der Waals surface area contributed by atoms with Crippen molar-refractivity contribution in [2.24, 2.45) is 0 Å². The van der Waals surface area contributed by atoms with E-state index < -0.39 is 0 Å². The van der Waals surface area contributed by atoms with Gasteiger partial charge in [-0.15, -0.1) is 10.2 Å². The SMILES string of the molecule is CC[C@@H]1c2nncn2-c2cnc(-n3ccnc3-c3nccc4ccccc34)nc2N1C(C)C. The van der Waals surface area contributed by atoms with Crippen molar-refractivity contribution in [1.82, 2.24) is 39.3 Å². The van der Waals surface area contributed by atoms with Crippen molar-refractivity contribution in [3.8, 4) is 23.2 Å². The molecule has 5 aromatic rings. The number of anilines is 1. The summed E-state index contributed by atoms with van der Waals surface area (Å²) in [6, 6.07) is 10.5. The maximum absolute atomic E-state index is 5.03. The third-order valence-corrected chi connectivity index (χ3v) is 6.13. The molecule has 1 atom stereocenters. The van der Waals surface area contributed by atoms with Crippen molar-refractivity contribution in [3.63, 3.8) is 0 Å². The van der Waals surface area contributed by atoms with Crippen LogP contribution in [0.1, 0.15) is 39.1 Å². The summed E-state index contributed by atoms with van der Waals surface area (Å²) in [5, 5.41) is 10.7. The Morgan fingerprint density at radius 2 is 1.88 bits per heavy atom. The minimum Gasteiger partial charge on any atom is -0.342 e. The second kappa shape index (κ2) is 7.47. The maximum Gasteiger partial charge on any atom is 0.237 e. The zero-order valence-electron chi connectivity index (χ0n) is 18.7. The number of aromatic nitrogens is 8. The molecule has 0 spiro atoms. The van der Waals surface area contributed by atoms with Crippen LogP contribution in [-0.2, 0) is 0 Å². The van der Waals surface area contributed by atoms with Gasteiger partial charge in [-0.25, -0.2) is 9.97 Å². The first kappa shape index (κ1) is 19.5. The average Bonchev–Trinajstić information content (AvgIpc) is 3.52. The minimum atomic E-state index is 0.0877. The number of hydrogen-bond acceptors (Lipinski definition) is 7. The zero-order chi connectivity index (χ0) is 22.5. The van der Waals surface area contributed by atoms with Gasteiger partial charge >= 0.3 is 0 Å². The molecule has 0 radical (unpaired) electrons. The van der Waals surface area contributed by atoms with Crippen LogP contribution in [0.4, 0.5) is 5.82 Å². The molecule has 9 nitrogen and oxygen atoms in total. The number of fused-ring (bicyclic) bond motifs is 4. The van der Waals surface area contributed by atoms with Gasteiger partial charge in [0.1, 0.15) is 17.7 Å². The fourth-order valence-electron chi connectivity index (χ4n) is 4.68. The molecule has 0 amide bonds. The molecule has 0 saturated heterocycles. The molecule has 6 rings (SSSR count).